The lowest BCUT2D eigenvalue weighted by atomic mass is 10.0. The zero-order valence-corrected chi connectivity index (χ0v) is 9.73. The Balaban J connectivity index is 2.47. The van der Waals surface area contributed by atoms with Crippen molar-refractivity contribution in [2.45, 2.75) is 20.3 Å². The molecule has 0 unspecified atom stereocenters. The molecular weight excluding hydrogens is 218 g/mol. The first-order valence-corrected chi connectivity index (χ1v) is 5.41. The van der Waals surface area contributed by atoms with Gasteiger partial charge in [-0.1, -0.05) is 24.2 Å². The molecule has 2 aromatic rings. The predicted molar refractivity (Wildman–Crippen MR) is 63.0 cm³/mol. The number of aromatic nitrogens is 1. The second-order valence-corrected chi connectivity index (χ2v) is 3.88. The molecule has 4 heteroatoms. The summed E-state index contributed by atoms with van der Waals surface area (Å²) in [5.41, 5.74) is 3.04. The van der Waals surface area contributed by atoms with Crippen LogP contribution in [-0.2, 0) is 6.42 Å². The Morgan fingerprint density at radius 1 is 1.41 bits per heavy atom. The SMILES string of the molecule is CCc1ccc(C)c(-c2cc(C(=O)O)no2)c1. The lowest BCUT2D eigenvalue weighted by Gasteiger charge is -2.04. The van der Waals surface area contributed by atoms with Crippen LogP contribution >= 0.6 is 0 Å². The second kappa shape index (κ2) is 4.41. The number of aromatic carboxylic acids is 1. The number of nitrogens with zero attached hydrogens (tertiary/aromatic N) is 1. The molecule has 0 saturated heterocycles. The van der Waals surface area contributed by atoms with Crippen molar-refractivity contribution in [3.05, 3.63) is 41.1 Å². The number of hydrogen-bond acceptors (Lipinski definition) is 3. The first-order chi connectivity index (χ1) is 8.11. The number of carbonyl (C=O) groups is 1. The minimum atomic E-state index is -1.08. The van der Waals surface area contributed by atoms with Gasteiger partial charge in [-0.25, -0.2) is 4.79 Å². The molecule has 0 aliphatic rings. The van der Waals surface area contributed by atoms with Gasteiger partial charge in [-0.2, -0.15) is 0 Å². The molecule has 0 radical (unpaired) electrons. The summed E-state index contributed by atoms with van der Waals surface area (Å²) in [6.07, 6.45) is 0.924. The first kappa shape index (κ1) is 11.4. The normalized spacial score (nSPS) is 10.5. The maximum absolute atomic E-state index is 10.7. The number of hydrogen-bond donors (Lipinski definition) is 1. The number of rotatable bonds is 3. The summed E-state index contributed by atoms with van der Waals surface area (Å²) in [6, 6.07) is 7.50. The Morgan fingerprint density at radius 2 is 2.18 bits per heavy atom. The average molecular weight is 231 g/mol. The van der Waals surface area contributed by atoms with Gasteiger partial charge in [0.05, 0.1) is 0 Å². The molecular formula is C13H13NO3. The van der Waals surface area contributed by atoms with Crippen molar-refractivity contribution in [2.24, 2.45) is 0 Å². The highest BCUT2D eigenvalue weighted by Crippen LogP contribution is 2.25. The zero-order valence-electron chi connectivity index (χ0n) is 9.73. The van der Waals surface area contributed by atoms with Gasteiger partial charge in [-0.3, -0.25) is 0 Å². The van der Waals surface area contributed by atoms with E-state index in [0.29, 0.717) is 5.76 Å². The first-order valence-electron chi connectivity index (χ1n) is 5.41. The third-order valence-electron chi connectivity index (χ3n) is 2.70. The molecule has 0 bridgehead atoms. The molecule has 88 valence electrons. The molecule has 0 aliphatic carbocycles. The zero-order chi connectivity index (χ0) is 12.4. The van der Waals surface area contributed by atoms with E-state index in [1.165, 1.54) is 11.6 Å². The highest BCUT2D eigenvalue weighted by Gasteiger charge is 2.13. The van der Waals surface area contributed by atoms with Crippen LogP contribution in [0.3, 0.4) is 0 Å². The van der Waals surface area contributed by atoms with Crippen LogP contribution in [0.5, 0.6) is 0 Å². The quantitative estimate of drug-likeness (QED) is 0.882. The molecule has 0 saturated carbocycles. The molecule has 0 atom stereocenters. The molecule has 1 heterocycles. The molecule has 0 aliphatic heterocycles. The van der Waals surface area contributed by atoms with Gasteiger partial charge >= 0.3 is 5.97 Å². The van der Waals surface area contributed by atoms with Crippen LogP contribution in [0.2, 0.25) is 0 Å². The smallest absolute Gasteiger partial charge is 0.358 e. The van der Waals surface area contributed by atoms with Crippen molar-refractivity contribution in [3.8, 4) is 11.3 Å². The summed E-state index contributed by atoms with van der Waals surface area (Å²) < 4.78 is 5.06. The van der Waals surface area contributed by atoms with Gasteiger partial charge in [0.1, 0.15) is 0 Å². The number of carboxylic acid groups (broad SMARTS) is 1. The third kappa shape index (κ3) is 2.20. The molecule has 1 N–H and O–H groups in total. The highest BCUT2D eigenvalue weighted by molar-refractivity contribution is 5.86. The van der Waals surface area contributed by atoms with Crippen molar-refractivity contribution in [2.75, 3.05) is 0 Å². The fourth-order valence-corrected chi connectivity index (χ4v) is 1.66. The Hall–Kier alpha value is -2.10. The van der Waals surface area contributed by atoms with Crippen LogP contribution in [0.4, 0.5) is 0 Å². The predicted octanol–water partition coefficient (Wildman–Crippen LogP) is 2.91. The van der Waals surface area contributed by atoms with Gasteiger partial charge in [0.15, 0.2) is 11.5 Å². The van der Waals surface area contributed by atoms with E-state index in [4.69, 9.17) is 9.63 Å². The van der Waals surface area contributed by atoms with Crippen molar-refractivity contribution < 1.29 is 14.4 Å². The Bertz CT molecular complexity index is 558. The van der Waals surface area contributed by atoms with Gasteiger partial charge in [0, 0.05) is 11.6 Å². The van der Waals surface area contributed by atoms with Crippen LogP contribution in [0.15, 0.2) is 28.8 Å². The summed E-state index contributed by atoms with van der Waals surface area (Å²) in [6.45, 7) is 4.02. The van der Waals surface area contributed by atoms with E-state index >= 15 is 0 Å². The lowest BCUT2D eigenvalue weighted by molar-refractivity contribution is 0.0686. The largest absolute Gasteiger partial charge is 0.476 e. The van der Waals surface area contributed by atoms with Crippen molar-refractivity contribution in [1.82, 2.24) is 5.16 Å². The minimum absolute atomic E-state index is 0.0682. The molecule has 0 spiro atoms. The Labute approximate surface area is 98.9 Å². The molecule has 1 aromatic carbocycles. The van der Waals surface area contributed by atoms with Crippen LogP contribution in [0.25, 0.3) is 11.3 Å². The van der Waals surface area contributed by atoms with Crippen LogP contribution < -0.4 is 0 Å². The van der Waals surface area contributed by atoms with E-state index in [0.717, 1.165) is 17.5 Å². The van der Waals surface area contributed by atoms with E-state index in [2.05, 4.69) is 12.1 Å². The standard InChI is InChI=1S/C13H13NO3/c1-3-9-5-4-8(2)10(6-9)12-7-11(13(15)16)14-17-12/h4-7H,3H2,1-2H3,(H,15,16). The van der Waals surface area contributed by atoms with Crippen molar-refractivity contribution in [3.63, 3.8) is 0 Å². The van der Waals surface area contributed by atoms with E-state index in [9.17, 15) is 4.79 Å². The van der Waals surface area contributed by atoms with Gasteiger partial charge < -0.3 is 9.63 Å². The van der Waals surface area contributed by atoms with E-state index < -0.39 is 5.97 Å². The van der Waals surface area contributed by atoms with Gasteiger partial charge in [-0.15, -0.1) is 0 Å². The molecule has 0 fully saturated rings. The second-order valence-electron chi connectivity index (χ2n) is 3.88. The van der Waals surface area contributed by atoms with Crippen LogP contribution in [0.1, 0.15) is 28.5 Å². The number of benzene rings is 1. The summed E-state index contributed by atoms with van der Waals surface area (Å²) in [7, 11) is 0. The van der Waals surface area contributed by atoms with Gasteiger partial charge in [-0.05, 0) is 30.5 Å². The third-order valence-corrected chi connectivity index (χ3v) is 2.70. The minimum Gasteiger partial charge on any atom is -0.476 e. The van der Waals surface area contributed by atoms with E-state index in [-0.39, 0.29) is 5.69 Å². The highest BCUT2D eigenvalue weighted by atomic mass is 16.5. The summed E-state index contributed by atoms with van der Waals surface area (Å²) in [4.78, 5) is 10.7. The maximum atomic E-state index is 10.7. The lowest BCUT2D eigenvalue weighted by Crippen LogP contribution is -1.94. The molecule has 4 nitrogen and oxygen atoms in total. The topological polar surface area (TPSA) is 63.3 Å². The van der Waals surface area contributed by atoms with Crippen LogP contribution in [0, 0.1) is 6.92 Å². The van der Waals surface area contributed by atoms with E-state index in [1.807, 2.05) is 25.1 Å². The monoisotopic (exact) mass is 231 g/mol. The van der Waals surface area contributed by atoms with Crippen LogP contribution in [-0.4, -0.2) is 16.2 Å². The van der Waals surface area contributed by atoms with Gasteiger partial charge in [0.25, 0.3) is 0 Å². The fraction of sp³-hybridized carbons (Fsp3) is 0.231. The molecule has 2 rings (SSSR count). The summed E-state index contributed by atoms with van der Waals surface area (Å²) in [5.74, 6) is -0.584. The van der Waals surface area contributed by atoms with Gasteiger partial charge in [0.2, 0.25) is 0 Å². The van der Waals surface area contributed by atoms with E-state index in [1.54, 1.807) is 0 Å². The molecule has 17 heavy (non-hydrogen) atoms. The molecule has 1 aromatic heterocycles. The van der Waals surface area contributed by atoms with Crippen molar-refractivity contribution >= 4 is 5.97 Å². The number of aryl methyl sites for hydroxylation is 2. The Morgan fingerprint density at radius 3 is 2.76 bits per heavy atom. The Kier molecular flexibility index (Phi) is 2.95. The maximum Gasteiger partial charge on any atom is 0.358 e. The summed E-state index contributed by atoms with van der Waals surface area (Å²) in [5, 5.41) is 12.3. The molecule has 0 amide bonds. The number of carboxylic acids is 1. The summed E-state index contributed by atoms with van der Waals surface area (Å²) >= 11 is 0. The average Bonchev–Trinajstić information content (AvgIpc) is 2.79. The fourth-order valence-electron chi connectivity index (χ4n) is 1.66. The van der Waals surface area contributed by atoms with Crippen molar-refractivity contribution in [1.29, 1.82) is 0 Å².